The third kappa shape index (κ3) is 3.06. The van der Waals surface area contributed by atoms with Gasteiger partial charge >= 0.3 is 5.97 Å². The molecule has 10 heavy (non-hydrogen) atoms. The van der Waals surface area contributed by atoms with Gasteiger partial charge in [-0.15, -0.1) is 0 Å². The summed E-state index contributed by atoms with van der Waals surface area (Å²) < 4.78 is 11.5. The Morgan fingerprint density at radius 1 is 1.60 bits per heavy atom. The van der Waals surface area contributed by atoms with Gasteiger partial charge in [-0.3, -0.25) is 4.39 Å². The van der Waals surface area contributed by atoms with E-state index in [9.17, 15) is 9.18 Å². The van der Waals surface area contributed by atoms with Gasteiger partial charge in [0.05, 0.1) is 18.5 Å². The van der Waals surface area contributed by atoms with E-state index in [1.54, 1.807) is 0 Å². The maximum Gasteiger partial charge on any atom is 0.334 e. The Morgan fingerprint density at radius 2 is 2.20 bits per heavy atom. The molecule has 0 radical (unpaired) electrons. The third-order valence-corrected chi connectivity index (χ3v) is 1.01. The molecule has 0 aromatic rings. The van der Waals surface area contributed by atoms with E-state index in [-0.39, 0.29) is 18.4 Å². The molecular weight excluding hydrogens is 139 g/mol. The molecule has 0 fully saturated rings. The van der Waals surface area contributed by atoms with Gasteiger partial charge in [-0.1, -0.05) is 0 Å². The lowest BCUT2D eigenvalue weighted by Gasteiger charge is -1.95. The van der Waals surface area contributed by atoms with Crippen molar-refractivity contribution in [3.05, 3.63) is 11.8 Å². The van der Waals surface area contributed by atoms with E-state index in [1.807, 2.05) is 0 Å². The molecular formula is C6H9FO3. The summed E-state index contributed by atoms with van der Waals surface area (Å²) in [7, 11) is 0. The highest BCUT2D eigenvalue weighted by Gasteiger charge is 2.05. The largest absolute Gasteiger partial charge is 0.515 e. The summed E-state index contributed by atoms with van der Waals surface area (Å²) in [6.45, 7) is -0.565. The Morgan fingerprint density at radius 3 is 2.50 bits per heavy atom. The number of hydrogen-bond acceptors (Lipinski definition) is 2. The van der Waals surface area contributed by atoms with Gasteiger partial charge in [0.15, 0.2) is 0 Å². The van der Waals surface area contributed by atoms with Gasteiger partial charge in [0, 0.05) is 0 Å². The van der Waals surface area contributed by atoms with Crippen molar-refractivity contribution in [1.29, 1.82) is 0 Å². The molecule has 0 aliphatic carbocycles. The Kier molecular flexibility index (Phi) is 4.28. The fourth-order valence-corrected chi connectivity index (χ4v) is 0.484. The molecule has 0 rings (SSSR count). The summed E-state index contributed by atoms with van der Waals surface area (Å²) >= 11 is 0. The van der Waals surface area contributed by atoms with Crippen LogP contribution < -0.4 is 0 Å². The molecule has 0 unspecified atom stereocenters. The molecule has 0 bridgehead atoms. The van der Waals surface area contributed by atoms with E-state index in [1.165, 1.54) is 0 Å². The second-order valence-electron chi connectivity index (χ2n) is 1.75. The van der Waals surface area contributed by atoms with Crippen LogP contribution >= 0.6 is 0 Å². The minimum atomic E-state index is -1.20. The first-order valence-corrected chi connectivity index (χ1v) is 2.85. The zero-order chi connectivity index (χ0) is 7.98. The average Bonchev–Trinajstić information content (AvgIpc) is 1.89. The van der Waals surface area contributed by atoms with Gasteiger partial charge in [-0.2, -0.15) is 0 Å². The lowest BCUT2D eigenvalue weighted by Crippen LogP contribution is -2.00. The van der Waals surface area contributed by atoms with Gasteiger partial charge in [-0.05, 0) is 12.8 Å². The molecule has 4 heteroatoms. The minimum absolute atomic E-state index is 0.0718. The van der Waals surface area contributed by atoms with Crippen LogP contribution in [0.15, 0.2) is 11.8 Å². The molecule has 0 atom stereocenters. The van der Waals surface area contributed by atoms with E-state index < -0.39 is 12.6 Å². The third-order valence-electron chi connectivity index (χ3n) is 1.01. The summed E-state index contributed by atoms with van der Waals surface area (Å²) in [5, 5.41) is 16.5. The van der Waals surface area contributed by atoms with Crippen LogP contribution in [0.4, 0.5) is 4.39 Å². The van der Waals surface area contributed by atoms with E-state index >= 15 is 0 Å². The fraction of sp³-hybridized carbons (Fsp3) is 0.500. The molecule has 0 saturated heterocycles. The summed E-state index contributed by atoms with van der Waals surface area (Å²) in [5.41, 5.74) is -0.155. The summed E-state index contributed by atoms with van der Waals surface area (Å²) in [6.07, 6.45) is 0.707. The van der Waals surface area contributed by atoms with Crippen LogP contribution in [0.2, 0.25) is 0 Å². The van der Waals surface area contributed by atoms with Gasteiger partial charge in [0.25, 0.3) is 0 Å². The highest BCUT2D eigenvalue weighted by atomic mass is 19.1. The van der Waals surface area contributed by atoms with Crippen LogP contribution in [0.1, 0.15) is 12.8 Å². The lowest BCUT2D eigenvalue weighted by atomic mass is 10.2. The molecule has 0 aromatic heterocycles. The van der Waals surface area contributed by atoms with Crippen molar-refractivity contribution in [3.8, 4) is 0 Å². The SMILES string of the molecule is O=C(O)C(=CO)CCCF. The zero-order valence-electron chi connectivity index (χ0n) is 5.38. The number of carboxylic acids is 1. The summed E-state index contributed by atoms with van der Waals surface area (Å²) in [4.78, 5) is 10.1. The van der Waals surface area contributed by atoms with Crippen molar-refractivity contribution < 1.29 is 19.4 Å². The van der Waals surface area contributed by atoms with E-state index in [2.05, 4.69) is 0 Å². The first-order valence-electron chi connectivity index (χ1n) is 2.85. The quantitative estimate of drug-likeness (QED) is 0.466. The second kappa shape index (κ2) is 4.78. The van der Waals surface area contributed by atoms with Gasteiger partial charge < -0.3 is 10.2 Å². The highest BCUT2D eigenvalue weighted by Crippen LogP contribution is 2.03. The Bertz CT molecular complexity index is 142. The number of aliphatic hydroxyl groups excluding tert-OH is 1. The first-order chi connectivity index (χ1) is 4.72. The molecule has 0 spiro atoms. The number of carbonyl (C=O) groups is 1. The van der Waals surface area contributed by atoms with Crippen LogP contribution in [0.25, 0.3) is 0 Å². The molecule has 0 aliphatic rings. The zero-order valence-corrected chi connectivity index (χ0v) is 5.38. The highest BCUT2D eigenvalue weighted by molar-refractivity contribution is 5.86. The van der Waals surface area contributed by atoms with E-state index in [0.29, 0.717) is 6.26 Å². The Hall–Kier alpha value is -1.06. The molecule has 2 N–H and O–H groups in total. The number of aliphatic hydroxyl groups is 1. The smallest absolute Gasteiger partial charge is 0.334 e. The van der Waals surface area contributed by atoms with Crippen LogP contribution in [0.5, 0.6) is 0 Å². The molecule has 0 heterocycles. The average molecular weight is 148 g/mol. The molecule has 3 nitrogen and oxygen atoms in total. The van der Waals surface area contributed by atoms with Crippen LogP contribution in [-0.4, -0.2) is 22.9 Å². The predicted molar refractivity (Wildman–Crippen MR) is 33.6 cm³/mol. The summed E-state index contributed by atoms with van der Waals surface area (Å²) in [5.74, 6) is -1.20. The van der Waals surface area contributed by atoms with Gasteiger partial charge in [0.2, 0.25) is 0 Å². The number of rotatable bonds is 4. The van der Waals surface area contributed by atoms with Crippen molar-refractivity contribution in [2.75, 3.05) is 6.67 Å². The van der Waals surface area contributed by atoms with E-state index in [0.717, 1.165) is 0 Å². The number of alkyl halides is 1. The Labute approximate surface area is 57.8 Å². The van der Waals surface area contributed by atoms with E-state index in [4.69, 9.17) is 10.2 Å². The molecule has 0 aliphatic heterocycles. The van der Waals surface area contributed by atoms with Crippen LogP contribution in [-0.2, 0) is 4.79 Å². The molecule has 0 amide bonds. The van der Waals surface area contributed by atoms with Crippen molar-refractivity contribution in [2.45, 2.75) is 12.8 Å². The molecule has 0 saturated carbocycles. The normalized spacial score (nSPS) is 11.5. The fourth-order valence-electron chi connectivity index (χ4n) is 0.484. The number of aliphatic carboxylic acids is 1. The van der Waals surface area contributed by atoms with Crippen molar-refractivity contribution in [1.82, 2.24) is 0 Å². The summed E-state index contributed by atoms with van der Waals surface area (Å²) in [6, 6.07) is 0. The minimum Gasteiger partial charge on any atom is -0.515 e. The number of halogens is 1. The number of hydrogen-bond donors (Lipinski definition) is 2. The second-order valence-corrected chi connectivity index (χ2v) is 1.75. The van der Waals surface area contributed by atoms with Crippen molar-refractivity contribution in [2.24, 2.45) is 0 Å². The molecule has 0 aromatic carbocycles. The predicted octanol–water partition coefficient (Wildman–Crippen LogP) is 1.26. The lowest BCUT2D eigenvalue weighted by molar-refractivity contribution is -0.132. The van der Waals surface area contributed by atoms with Crippen LogP contribution in [0.3, 0.4) is 0 Å². The Balaban J connectivity index is 3.74. The monoisotopic (exact) mass is 148 g/mol. The number of carboxylic acid groups (broad SMARTS) is 1. The van der Waals surface area contributed by atoms with Gasteiger partial charge in [0.1, 0.15) is 0 Å². The topological polar surface area (TPSA) is 57.5 Å². The first kappa shape index (κ1) is 8.94. The maximum absolute atomic E-state index is 11.5. The maximum atomic E-state index is 11.5. The van der Waals surface area contributed by atoms with Crippen LogP contribution in [0, 0.1) is 0 Å². The van der Waals surface area contributed by atoms with Crippen molar-refractivity contribution >= 4 is 5.97 Å². The molecule has 58 valence electrons. The van der Waals surface area contributed by atoms with Gasteiger partial charge in [-0.25, -0.2) is 4.79 Å². The standard InChI is InChI=1S/C6H9FO3/c7-3-1-2-5(4-8)6(9)10/h4,8H,1-3H2,(H,9,10). The van der Waals surface area contributed by atoms with Crippen molar-refractivity contribution in [3.63, 3.8) is 0 Å².